The van der Waals surface area contributed by atoms with E-state index in [9.17, 15) is 19.8 Å². The Morgan fingerprint density at radius 1 is 0.974 bits per heavy atom. The largest absolute Gasteiger partial charge is 0.478 e. The lowest BCUT2D eigenvalue weighted by Crippen LogP contribution is -2.29. The zero-order valence-electron chi connectivity index (χ0n) is 20.5. The van der Waals surface area contributed by atoms with Gasteiger partial charge in [-0.05, 0) is 78.9 Å². The summed E-state index contributed by atoms with van der Waals surface area (Å²) in [7, 11) is 3.94. The summed E-state index contributed by atoms with van der Waals surface area (Å²) >= 11 is 5.76. The van der Waals surface area contributed by atoms with Crippen LogP contribution in [0.3, 0.4) is 0 Å². The first-order chi connectivity index (χ1) is 18.2. The van der Waals surface area contributed by atoms with Crippen molar-refractivity contribution < 1.29 is 24.2 Å². The van der Waals surface area contributed by atoms with Gasteiger partial charge in [-0.15, -0.1) is 0 Å². The van der Waals surface area contributed by atoms with Crippen molar-refractivity contribution in [2.45, 2.75) is 12.1 Å². The third-order valence-corrected chi connectivity index (χ3v) is 6.69. The van der Waals surface area contributed by atoms with E-state index in [0.717, 1.165) is 23.1 Å². The molecule has 1 aliphatic rings. The Morgan fingerprint density at radius 3 is 2.24 bits per heavy atom. The Kier molecular flexibility index (Phi) is 6.56. The number of carboxylic acid groups (broad SMARTS) is 2. The summed E-state index contributed by atoms with van der Waals surface area (Å²) in [6, 6.07) is 20.3. The predicted molar refractivity (Wildman–Crippen MR) is 147 cm³/mol. The molecule has 3 N–H and O–H groups in total. The molecule has 2 unspecified atom stereocenters. The molecule has 2 aromatic carbocycles. The standard InChI is InChI=1S/C28H24N4O5S/c1-31(2)19-6-8-20(9-7-19)32-25(24(30-28(32)38)21-5-3-4-12-29-21)23-11-10-22(37-23)16-13-17(26(33)34)15-18(14-16)27(35)36/h3-15,24-25H,1-2H3,(H,30,38)(H,33,34)(H,35,36). The molecule has 192 valence electrons. The fourth-order valence-corrected chi connectivity index (χ4v) is 4.86. The van der Waals surface area contributed by atoms with Gasteiger partial charge in [-0.2, -0.15) is 0 Å². The van der Waals surface area contributed by atoms with Crippen molar-refractivity contribution in [3.8, 4) is 11.3 Å². The normalized spacial score (nSPS) is 16.8. The van der Waals surface area contributed by atoms with Crippen LogP contribution in [0.5, 0.6) is 0 Å². The summed E-state index contributed by atoms with van der Waals surface area (Å²) in [5, 5.41) is 22.8. The number of pyridine rings is 1. The number of aromatic nitrogens is 1. The zero-order valence-corrected chi connectivity index (χ0v) is 21.3. The third kappa shape index (κ3) is 4.69. The van der Waals surface area contributed by atoms with Gasteiger partial charge in [0.1, 0.15) is 17.6 Å². The number of rotatable bonds is 7. The second-order valence-electron chi connectivity index (χ2n) is 9.02. The molecular weight excluding hydrogens is 504 g/mol. The fourth-order valence-electron chi connectivity index (χ4n) is 4.52. The number of aromatic carboxylic acids is 2. The molecule has 0 radical (unpaired) electrons. The SMILES string of the molecule is CN(C)c1ccc(N2C(=S)NC(c3ccccn3)C2c2ccc(-c3cc(C(=O)O)cc(C(=O)O)c3)o2)cc1. The van der Waals surface area contributed by atoms with E-state index in [0.29, 0.717) is 22.2 Å². The van der Waals surface area contributed by atoms with Gasteiger partial charge in [0, 0.05) is 37.2 Å². The number of hydrogen-bond acceptors (Lipinski definition) is 6. The zero-order chi connectivity index (χ0) is 27.0. The minimum Gasteiger partial charge on any atom is -0.478 e. The molecule has 2 aromatic heterocycles. The Bertz CT molecular complexity index is 1490. The third-order valence-electron chi connectivity index (χ3n) is 6.37. The fraction of sp³-hybridized carbons (Fsp3) is 0.143. The minimum atomic E-state index is -1.23. The number of anilines is 2. The van der Waals surface area contributed by atoms with Crippen LogP contribution in [-0.2, 0) is 0 Å². The van der Waals surface area contributed by atoms with Crippen molar-refractivity contribution in [3.63, 3.8) is 0 Å². The highest BCUT2D eigenvalue weighted by molar-refractivity contribution is 7.80. The molecule has 3 heterocycles. The van der Waals surface area contributed by atoms with Crippen molar-refractivity contribution in [2.24, 2.45) is 0 Å². The van der Waals surface area contributed by atoms with Crippen molar-refractivity contribution in [2.75, 3.05) is 23.9 Å². The number of thiocarbonyl (C=S) groups is 1. The topological polar surface area (TPSA) is 119 Å². The molecular formula is C28H24N4O5S. The van der Waals surface area contributed by atoms with Crippen molar-refractivity contribution in [3.05, 3.63) is 102 Å². The first kappa shape index (κ1) is 25.0. The minimum absolute atomic E-state index is 0.143. The molecule has 0 bridgehead atoms. The Labute approximate surface area is 224 Å². The lowest BCUT2D eigenvalue weighted by molar-refractivity contribution is 0.0696. The highest BCUT2D eigenvalue weighted by Crippen LogP contribution is 2.43. The molecule has 0 aliphatic carbocycles. The maximum Gasteiger partial charge on any atom is 0.335 e. The van der Waals surface area contributed by atoms with Gasteiger partial charge in [0.25, 0.3) is 0 Å². The molecule has 10 heteroatoms. The first-order valence-corrected chi connectivity index (χ1v) is 12.1. The molecule has 38 heavy (non-hydrogen) atoms. The van der Waals surface area contributed by atoms with Gasteiger partial charge in [-0.1, -0.05) is 6.07 Å². The van der Waals surface area contributed by atoms with Gasteiger partial charge in [0.05, 0.1) is 22.9 Å². The summed E-state index contributed by atoms with van der Waals surface area (Å²) in [5.74, 6) is -1.56. The van der Waals surface area contributed by atoms with Crippen molar-refractivity contribution in [1.29, 1.82) is 0 Å². The quantitative estimate of drug-likeness (QED) is 0.283. The average Bonchev–Trinajstić information content (AvgIpc) is 3.53. The Morgan fingerprint density at radius 2 is 1.66 bits per heavy atom. The van der Waals surface area contributed by atoms with Gasteiger partial charge in [-0.3, -0.25) is 4.98 Å². The van der Waals surface area contributed by atoms with Crippen LogP contribution in [0.4, 0.5) is 11.4 Å². The lowest BCUT2D eigenvalue weighted by Gasteiger charge is -2.26. The molecule has 0 spiro atoms. The molecule has 1 aliphatic heterocycles. The highest BCUT2D eigenvalue weighted by Gasteiger charge is 2.42. The number of benzene rings is 2. The van der Waals surface area contributed by atoms with E-state index >= 15 is 0 Å². The van der Waals surface area contributed by atoms with E-state index in [4.69, 9.17) is 16.6 Å². The molecule has 0 saturated carbocycles. The van der Waals surface area contributed by atoms with Gasteiger partial charge in [-0.25, -0.2) is 9.59 Å². The van der Waals surface area contributed by atoms with Crippen LogP contribution in [0.25, 0.3) is 11.3 Å². The molecule has 1 fully saturated rings. The summed E-state index contributed by atoms with van der Waals surface area (Å²) in [5.41, 5.74) is 2.73. The van der Waals surface area contributed by atoms with Crippen LogP contribution in [0.15, 0.2) is 83.4 Å². The monoisotopic (exact) mass is 528 g/mol. The van der Waals surface area contributed by atoms with E-state index in [1.54, 1.807) is 18.3 Å². The lowest BCUT2D eigenvalue weighted by atomic mass is 10.0. The van der Waals surface area contributed by atoms with Crippen LogP contribution < -0.4 is 15.1 Å². The number of carbonyl (C=O) groups is 2. The van der Waals surface area contributed by atoms with Crippen molar-refractivity contribution in [1.82, 2.24) is 10.3 Å². The van der Waals surface area contributed by atoms with E-state index in [-0.39, 0.29) is 17.2 Å². The molecule has 0 amide bonds. The summed E-state index contributed by atoms with van der Waals surface area (Å²) in [6.07, 6.45) is 1.71. The molecule has 9 nitrogen and oxygen atoms in total. The second kappa shape index (κ2) is 9.98. The van der Waals surface area contributed by atoms with E-state index < -0.39 is 18.0 Å². The summed E-state index contributed by atoms with van der Waals surface area (Å²) in [6.45, 7) is 0. The van der Waals surface area contributed by atoms with Gasteiger partial charge in [0.15, 0.2) is 5.11 Å². The maximum atomic E-state index is 11.6. The summed E-state index contributed by atoms with van der Waals surface area (Å²) in [4.78, 5) is 31.7. The second-order valence-corrected chi connectivity index (χ2v) is 9.41. The van der Waals surface area contributed by atoms with Gasteiger partial charge in [0.2, 0.25) is 0 Å². The van der Waals surface area contributed by atoms with Crippen molar-refractivity contribution >= 4 is 40.6 Å². The molecule has 2 atom stereocenters. The van der Waals surface area contributed by atoms with Gasteiger partial charge >= 0.3 is 11.9 Å². The molecule has 5 rings (SSSR count). The average molecular weight is 529 g/mol. The van der Waals surface area contributed by atoms with Crippen LogP contribution in [-0.4, -0.2) is 46.3 Å². The highest BCUT2D eigenvalue weighted by atomic mass is 32.1. The van der Waals surface area contributed by atoms with Crippen LogP contribution in [0, 0.1) is 0 Å². The Hall–Kier alpha value is -4.70. The van der Waals surface area contributed by atoms with Gasteiger partial charge < -0.3 is 29.7 Å². The number of nitrogens with one attached hydrogen (secondary N) is 1. The maximum absolute atomic E-state index is 11.6. The summed E-state index contributed by atoms with van der Waals surface area (Å²) < 4.78 is 6.27. The molecule has 1 saturated heterocycles. The van der Waals surface area contributed by atoms with E-state index in [1.165, 1.54) is 12.1 Å². The van der Waals surface area contributed by atoms with E-state index in [2.05, 4.69) is 10.3 Å². The van der Waals surface area contributed by atoms with Crippen LogP contribution in [0.1, 0.15) is 44.3 Å². The number of carboxylic acids is 2. The van der Waals surface area contributed by atoms with Crippen LogP contribution in [0.2, 0.25) is 0 Å². The number of furan rings is 1. The predicted octanol–water partition coefficient (Wildman–Crippen LogP) is 4.98. The number of nitrogens with zero attached hydrogens (tertiary/aromatic N) is 3. The number of hydrogen-bond donors (Lipinski definition) is 3. The first-order valence-electron chi connectivity index (χ1n) is 11.7. The van der Waals surface area contributed by atoms with E-state index in [1.807, 2.05) is 66.4 Å². The molecule has 4 aromatic rings. The smallest absolute Gasteiger partial charge is 0.335 e. The van der Waals surface area contributed by atoms with Crippen LogP contribution >= 0.6 is 12.2 Å². The Balaban J connectivity index is 1.60.